The maximum atomic E-state index is 11.1. The van der Waals surface area contributed by atoms with Crippen molar-refractivity contribution in [2.75, 3.05) is 0 Å². The second-order valence-electron chi connectivity index (χ2n) is 5.15. The van der Waals surface area contributed by atoms with Crippen LogP contribution in [0.3, 0.4) is 0 Å². The van der Waals surface area contributed by atoms with Gasteiger partial charge in [0.25, 0.3) is 0 Å². The first-order chi connectivity index (χ1) is 9.41. The van der Waals surface area contributed by atoms with E-state index in [4.69, 9.17) is 25.4 Å². The molecule has 2 saturated heterocycles. The normalized spacial score (nSPS) is 34.9. The predicted molar refractivity (Wildman–Crippen MR) is 64.8 cm³/mol. The topological polar surface area (TPSA) is 125 Å². The fourth-order valence-corrected chi connectivity index (χ4v) is 2.45. The van der Waals surface area contributed by atoms with Gasteiger partial charge in [0.05, 0.1) is 0 Å². The predicted octanol–water partition coefficient (Wildman–Crippen LogP) is -0.821. The number of nitrogens with two attached hydrogens (primary N) is 1. The average molecular weight is 281 g/mol. The first-order valence-electron chi connectivity index (χ1n) is 6.13. The highest BCUT2D eigenvalue weighted by Gasteiger charge is 2.56. The van der Waals surface area contributed by atoms with Crippen LogP contribution in [0.1, 0.15) is 25.9 Å². The molecule has 4 unspecified atom stereocenters. The van der Waals surface area contributed by atoms with Gasteiger partial charge in [-0.2, -0.15) is 0 Å². The number of nitrogen functional groups attached to an aromatic ring is 1. The van der Waals surface area contributed by atoms with Crippen molar-refractivity contribution in [2.45, 2.75) is 44.2 Å². The van der Waals surface area contributed by atoms with Gasteiger partial charge in [-0.1, -0.05) is 0 Å². The minimum absolute atomic E-state index is 0.0953. The molecule has 2 aliphatic heterocycles. The van der Waals surface area contributed by atoms with E-state index in [0.717, 1.165) is 0 Å². The number of carbonyl (C=O) groups excluding carboxylic acids is 1. The zero-order valence-corrected chi connectivity index (χ0v) is 11.0. The Morgan fingerprint density at radius 2 is 2.20 bits per heavy atom. The minimum Gasteiger partial charge on any atom is -0.381 e. The van der Waals surface area contributed by atoms with Gasteiger partial charge in [0, 0.05) is 0 Å². The van der Waals surface area contributed by atoms with E-state index in [2.05, 4.69) is 10.1 Å². The number of hydrogen-bond acceptors (Lipinski definition) is 7. The van der Waals surface area contributed by atoms with E-state index < -0.39 is 30.3 Å². The van der Waals surface area contributed by atoms with Crippen molar-refractivity contribution in [1.29, 1.82) is 5.41 Å². The lowest BCUT2D eigenvalue weighted by Crippen LogP contribution is -2.30. The van der Waals surface area contributed by atoms with Gasteiger partial charge in [-0.3, -0.25) is 5.41 Å². The Balaban J connectivity index is 1.89. The number of carbonyl (C=O) groups is 1. The smallest absolute Gasteiger partial charge is 0.215 e. The van der Waals surface area contributed by atoms with E-state index in [0.29, 0.717) is 6.29 Å². The van der Waals surface area contributed by atoms with Crippen LogP contribution in [-0.4, -0.2) is 51.0 Å². The quantitative estimate of drug-likeness (QED) is 0.421. The molecular weight excluding hydrogens is 266 g/mol. The molecule has 9 heteroatoms. The first kappa shape index (κ1) is 13.2. The van der Waals surface area contributed by atoms with Crippen LogP contribution in [0.15, 0.2) is 6.33 Å². The maximum Gasteiger partial charge on any atom is 0.215 e. The summed E-state index contributed by atoms with van der Waals surface area (Å²) in [5.74, 6) is -0.935. The van der Waals surface area contributed by atoms with Crippen molar-refractivity contribution in [1.82, 2.24) is 14.8 Å². The molecule has 0 saturated carbocycles. The summed E-state index contributed by atoms with van der Waals surface area (Å²) in [6, 6.07) is 0. The van der Waals surface area contributed by atoms with Crippen LogP contribution in [0, 0.1) is 5.41 Å². The van der Waals surface area contributed by atoms with Gasteiger partial charge in [-0.15, -0.1) is 5.10 Å². The minimum atomic E-state index is -0.789. The highest BCUT2D eigenvalue weighted by molar-refractivity contribution is 5.90. The molecule has 3 rings (SSSR count). The largest absolute Gasteiger partial charge is 0.381 e. The summed E-state index contributed by atoms with van der Waals surface area (Å²) in [4.78, 5) is 15.0. The molecule has 0 amide bonds. The monoisotopic (exact) mass is 281 g/mol. The summed E-state index contributed by atoms with van der Waals surface area (Å²) < 4.78 is 18.4. The summed E-state index contributed by atoms with van der Waals surface area (Å²) >= 11 is 0. The van der Waals surface area contributed by atoms with Crippen LogP contribution in [-0.2, 0) is 19.0 Å². The average Bonchev–Trinajstić information content (AvgIpc) is 3.01. The highest BCUT2D eigenvalue weighted by Crippen LogP contribution is 2.42. The van der Waals surface area contributed by atoms with Gasteiger partial charge in [0.15, 0.2) is 24.1 Å². The molecule has 3 N–H and O–H groups in total. The number of aromatic nitrogens is 3. The molecule has 108 valence electrons. The molecule has 2 aliphatic rings. The highest BCUT2D eigenvalue weighted by atomic mass is 16.8. The van der Waals surface area contributed by atoms with E-state index >= 15 is 0 Å². The maximum absolute atomic E-state index is 11.1. The second kappa shape index (κ2) is 4.33. The Bertz CT molecular complexity index is 557. The van der Waals surface area contributed by atoms with Crippen LogP contribution < -0.4 is 5.73 Å². The molecule has 0 aromatic carbocycles. The third-order valence-electron chi connectivity index (χ3n) is 3.21. The van der Waals surface area contributed by atoms with Crippen LogP contribution in [0.4, 0.5) is 0 Å². The Morgan fingerprint density at radius 1 is 1.50 bits per heavy atom. The number of nitrogens with one attached hydrogen (secondary N) is 1. The lowest BCUT2D eigenvalue weighted by molar-refractivity contribution is -0.196. The summed E-state index contributed by atoms with van der Waals surface area (Å²) in [6.45, 7) is 3.54. The van der Waals surface area contributed by atoms with Gasteiger partial charge < -0.3 is 24.7 Å². The summed E-state index contributed by atoms with van der Waals surface area (Å²) in [6.07, 6.45) is -0.250. The first-order valence-corrected chi connectivity index (χ1v) is 6.13. The molecule has 1 aromatic heterocycles. The number of nitrogens with zero attached hydrogens (tertiary/aromatic N) is 3. The zero-order valence-electron chi connectivity index (χ0n) is 11.0. The van der Waals surface area contributed by atoms with Crippen molar-refractivity contribution in [3.8, 4) is 0 Å². The molecule has 9 nitrogen and oxygen atoms in total. The third kappa shape index (κ3) is 1.99. The number of fused-ring (bicyclic) bond motifs is 1. The molecule has 2 fully saturated rings. The van der Waals surface area contributed by atoms with E-state index in [9.17, 15) is 4.79 Å². The standard InChI is InChI=1S/C11H15N5O4/c1-11(2)19-6-5(3-17)18-10(7(6)20-11)16-4-14-9(15-16)8(12)13/h3-7,10H,1-2H3,(H3,12,13). The third-order valence-corrected chi connectivity index (χ3v) is 3.21. The van der Waals surface area contributed by atoms with Gasteiger partial charge in [0.2, 0.25) is 5.82 Å². The van der Waals surface area contributed by atoms with Gasteiger partial charge in [-0.25, -0.2) is 9.67 Å². The fraction of sp³-hybridized carbons (Fsp3) is 0.636. The Kier molecular flexibility index (Phi) is 2.85. The van der Waals surface area contributed by atoms with Gasteiger partial charge in [-0.05, 0) is 13.8 Å². The summed E-state index contributed by atoms with van der Waals surface area (Å²) in [5, 5.41) is 11.3. The molecule has 20 heavy (non-hydrogen) atoms. The number of ether oxygens (including phenoxy) is 3. The van der Waals surface area contributed by atoms with Crippen LogP contribution >= 0.6 is 0 Å². The van der Waals surface area contributed by atoms with E-state index in [-0.39, 0.29) is 11.7 Å². The molecular formula is C11H15N5O4. The number of aldehydes is 1. The zero-order chi connectivity index (χ0) is 14.5. The molecule has 4 atom stereocenters. The Labute approximate surface area is 114 Å². The summed E-state index contributed by atoms with van der Waals surface area (Å²) in [7, 11) is 0. The number of hydrogen-bond donors (Lipinski definition) is 2. The van der Waals surface area contributed by atoms with E-state index in [1.807, 2.05) is 0 Å². The van der Waals surface area contributed by atoms with Crippen LogP contribution in [0.25, 0.3) is 0 Å². The second-order valence-corrected chi connectivity index (χ2v) is 5.15. The Morgan fingerprint density at radius 3 is 2.80 bits per heavy atom. The van der Waals surface area contributed by atoms with E-state index in [1.54, 1.807) is 13.8 Å². The van der Waals surface area contributed by atoms with Gasteiger partial charge in [0.1, 0.15) is 24.6 Å². The molecule has 0 aliphatic carbocycles. The molecule has 0 radical (unpaired) electrons. The fourth-order valence-electron chi connectivity index (χ4n) is 2.45. The van der Waals surface area contributed by atoms with Crippen molar-refractivity contribution in [3.05, 3.63) is 12.2 Å². The number of amidine groups is 1. The SMILES string of the molecule is CC1(C)OC2C(C=O)OC(n3cnc(C(=N)N)n3)C2O1. The molecule has 1 aromatic rings. The lowest BCUT2D eigenvalue weighted by atomic mass is 10.1. The molecule has 0 spiro atoms. The lowest BCUT2D eigenvalue weighted by Gasteiger charge is -2.22. The van der Waals surface area contributed by atoms with E-state index in [1.165, 1.54) is 11.0 Å². The van der Waals surface area contributed by atoms with Crippen LogP contribution in [0.2, 0.25) is 0 Å². The van der Waals surface area contributed by atoms with Crippen molar-refractivity contribution in [3.63, 3.8) is 0 Å². The number of rotatable bonds is 3. The van der Waals surface area contributed by atoms with Crippen molar-refractivity contribution >= 4 is 12.1 Å². The molecule has 0 bridgehead atoms. The Hall–Kier alpha value is -1.84. The van der Waals surface area contributed by atoms with Gasteiger partial charge >= 0.3 is 0 Å². The summed E-state index contributed by atoms with van der Waals surface area (Å²) in [5.41, 5.74) is 5.32. The van der Waals surface area contributed by atoms with Crippen molar-refractivity contribution < 1.29 is 19.0 Å². The molecule has 3 heterocycles. The van der Waals surface area contributed by atoms with Crippen LogP contribution in [0.5, 0.6) is 0 Å². The van der Waals surface area contributed by atoms with Crippen molar-refractivity contribution in [2.24, 2.45) is 5.73 Å².